The summed E-state index contributed by atoms with van der Waals surface area (Å²) in [6, 6.07) is -0.240. The molecule has 0 radical (unpaired) electrons. The van der Waals surface area contributed by atoms with Crippen LogP contribution in [0.1, 0.15) is 33.6 Å². The molecule has 1 aliphatic rings. The van der Waals surface area contributed by atoms with Crippen molar-refractivity contribution in [3.63, 3.8) is 0 Å². The molecule has 4 nitrogen and oxygen atoms in total. The lowest BCUT2D eigenvalue weighted by atomic mass is 9.67. The molecule has 13 heavy (non-hydrogen) atoms. The molecule has 1 N–H and O–H groups in total. The van der Waals surface area contributed by atoms with Crippen LogP contribution in [-0.2, 0) is 0 Å². The highest BCUT2D eigenvalue weighted by molar-refractivity contribution is 4.92. The first-order chi connectivity index (χ1) is 5.97. The van der Waals surface area contributed by atoms with E-state index in [0.29, 0.717) is 5.92 Å². The fraction of sp³-hybridized carbons (Fsp3) is 1.00. The van der Waals surface area contributed by atoms with E-state index >= 15 is 0 Å². The van der Waals surface area contributed by atoms with E-state index in [1.54, 1.807) is 0 Å². The van der Waals surface area contributed by atoms with Gasteiger partial charge in [0.2, 0.25) is 0 Å². The molecule has 0 bridgehead atoms. The van der Waals surface area contributed by atoms with Gasteiger partial charge in [0.1, 0.15) is 0 Å². The van der Waals surface area contributed by atoms with Gasteiger partial charge in [-0.2, -0.15) is 0 Å². The Labute approximate surface area is 78.6 Å². The summed E-state index contributed by atoms with van der Waals surface area (Å²) < 4.78 is 0. The molecule has 1 unspecified atom stereocenters. The van der Waals surface area contributed by atoms with E-state index < -0.39 is 6.10 Å². The summed E-state index contributed by atoms with van der Waals surface area (Å²) in [4.78, 5) is 2.77. The smallest absolute Gasteiger partial charge is 0.0639 e. The van der Waals surface area contributed by atoms with Gasteiger partial charge in [-0.05, 0) is 29.7 Å². The molecule has 0 saturated heterocycles. The second-order valence-corrected chi connectivity index (χ2v) is 4.67. The van der Waals surface area contributed by atoms with Gasteiger partial charge in [-0.25, -0.2) is 0 Å². The third-order valence-corrected chi connectivity index (χ3v) is 3.31. The molecule has 0 aromatic heterocycles. The van der Waals surface area contributed by atoms with E-state index in [1.807, 2.05) is 0 Å². The molecule has 1 fully saturated rings. The van der Waals surface area contributed by atoms with Crippen molar-refractivity contribution in [1.29, 1.82) is 0 Å². The molecule has 3 atom stereocenters. The number of hydrogen-bond acceptors (Lipinski definition) is 2. The molecule has 0 aliphatic heterocycles. The summed E-state index contributed by atoms with van der Waals surface area (Å²) in [5.74, 6) is 0.479. The number of nitrogens with zero attached hydrogens (tertiary/aromatic N) is 3. The number of rotatable bonds is 1. The lowest BCUT2D eigenvalue weighted by Crippen LogP contribution is -2.41. The van der Waals surface area contributed by atoms with E-state index in [2.05, 4.69) is 30.8 Å². The molecule has 1 aliphatic carbocycles. The average Bonchev–Trinajstić information content (AvgIpc) is 2.00. The van der Waals surface area contributed by atoms with Gasteiger partial charge in [-0.1, -0.05) is 25.9 Å². The van der Waals surface area contributed by atoms with Crippen molar-refractivity contribution < 1.29 is 5.11 Å². The summed E-state index contributed by atoms with van der Waals surface area (Å²) >= 11 is 0. The summed E-state index contributed by atoms with van der Waals surface area (Å²) in [5, 5.41) is 13.3. The molecule has 0 aromatic rings. The quantitative estimate of drug-likeness (QED) is 0.378. The first kappa shape index (κ1) is 10.4. The Bertz CT molecular complexity index is 233. The van der Waals surface area contributed by atoms with Gasteiger partial charge in [0.25, 0.3) is 0 Å². The van der Waals surface area contributed by atoms with E-state index in [-0.39, 0.29) is 11.5 Å². The summed E-state index contributed by atoms with van der Waals surface area (Å²) in [6.45, 7) is 6.45. The monoisotopic (exact) mass is 183 g/mol. The zero-order chi connectivity index (χ0) is 10.1. The van der Waals surface area contributed by atoms with Gasteiger partial charge in [0.05, 0.1) is 12.1 Å². The molecule has 0 heterocycles. The molecule has 4 heteroatoms. The average molecular weight is 183 g/mol. The second kappa shape index (κ2) is 3.56. The molecular weight excluding hydrogens is 166 g/mol. The highest BCUT2D eigenvalue weighted by Crippen LogP contribution is 2.41. The molecule has 1 rings (SSSR count). The van der Waals surface area contributed by atoms with Crippen LogP contribution < -0.4 is 0 Å². The van der Waals surface area contributed by atoms with Crippen molar-refractivity contribution >= 4 is 0 Å². The minimum atomic E-state index is -0.459. The molecule has 0 aromatic carbocycles. The van der Waals surface area contributed by atoms with Gasteiger partial charge >= 0.3 is 0 Å². The minimum absolute atomic E-state index is 0.165. The zero-order valence-corrected chi connectivity index (χ0v) is 8.44. The summed E-state index contributed by atoms with van der Waals surface area (Å²) in [7, 11) is 0. The third-order valence-electron chi connectivity index (χ3n) is 3.31. The van der Waals surface area contributed by atoms with Gasteiger partial charge in [0.15, 0.2) is 0 Å². The Balaban J connectivity index is 2.75. The predicted octanol–water partition coefficient (Wildman–Crippen LogP) is 2.48. The maximum atomic E-state index is 9.64. The topological polar surface area (TPSA) is 69.0 Å². The molecule has 1 saturated carbocycles. The molecular formula is C9H17N3O. The summed E-state index contributed by atoms with van der Waals surface area (Å²) in [6.07, 6.45) is 1.05. The largest absolute Gasteiger partial charge is 0.393 e. The van der Waals surface area contributed by atoms with E-state index in [4.69, 9.17) is 5.53 Å². The number of aliphatic hydroxyl groups is 1. The van der Waals surface area contributed by atoms with Crippen molar-refractivity contribution in [2.24, 2.45) is 16.4 Å². The van der Waals surface area contributed by atoms with Gasteiger partial charge < -0.3 is 5.11 Å². The number of aliphatic hydroxyl groups excluding tert-OH is 1. The highest BCUT2D eigenvalue weighted by atomic mass is 16.3. The SMILES string of the molecule is CC1C[C@@H](O)[C@H](N=[N+]=[N-])CC1(C)C. The first-order valence-corrected chi connectivity index (χ1v) is 4.69. The Morgan fingerprint density at radius 1 is 1.54 bits per heavy atom. The molecule has 0 spiro atoms. The Kier molecular flexibility index (Phi) is 2.84. The van der Waals surface area contributed by atoms with Crippen molar-refractivity contribution in [3.8, 4) is 0 Å². The van der Waals surface area contributed by atoms with Gasteiger partial charge in [-0.3, -0.25) is 0 Å². The Morgan fingerprint density at radius 3 is 2.69 bits per heavy atom. The molecule has 74 valence electrons. The van der Waals surface area contributed by atoms with E-state index in [0.717, 1.165) is 12.8 Å². The fourth-order valence-corrected chi connectivity index (χ4v) is 1.90. The highest BCUT2D eigenvalue weighted by Gasteiger charge is 2.38. The van der Waals surface area contributed by atoms with Crippen molar-refractivity contribution in [3.05, 3.63) is 10.4 Å². The van der Waals surface area contributed by atoms with Crippen molar-refractivity contribution in [2.45, 2.75) is 45.8 Å². The van der Waals surface area contributed by atoms with Crippen LogP contribution in [0.25, 0.3) is 10.4 Å². The zero-order valence-electron chi connectivity index (χ0n) is 8.44. The maximum Gasteiger partial charge on any atom is 0.0639 e. The lowest BCUT2D eigenvalue weighted by Gasteiger charge is -2.41. The van der Waals surface area contributed by atoms with Crippen LogP contribution in [0.2, 0.25) is 0 Å². The standard InChI is InChI=1S/C9H17N3O/c1-6-4-8(13)7(11-12-10)5-9(6,2)3/h6-8,13H,4-5H2,1-3H3/t6?,7-,8-/m1/s1. The fourth-order valence-electron chi connectivity index (χ4n) is 1.90. The second-order valence-electron chi connectivity index (χ2n) is 4.67. The predicted molar refractivity (Wildman–Crippen MR) is 51.1 cm³/mol. The van der Waals surface area contributed by atoms with Crippen molar-refractivity contribution in [2.75, 3.05) is 0 Å². The summed E-state index contributed by atoms with van der Waals surface area (Å²) in [5.41, 5.74) is 8.48. The van der Waals surface area contributed by atoms with Crippen LogP contribution in [0.3, 0.4) is 0 Å². The third kappa shape index (κ3) is 2.14. The van der Waals surface area contributed by atoms with Crippen LogP contribution in [0.5, 0.6) is 0 Å². The van der Waals surface area contributed by atoms with Crippen LogP contribution in [0, 0.1) is 11.3 Å². The Hall–Kier alpha value is -0.730. The van der Waals surface area contributed by atoms with Crippen LogP contribution in [0.15, 0.2) is 5.11 Å². The van der Waals surface area contributed by atoms with E-state index in [9.17, 15) is 5.11 Å². The van der Waals surface area contributed by atoms with Crippen LogP contribution >= 0.6 is 0 Å². The van der Waals surface area contributed by atoms with Crippen molar-refractivity contribution in [1.82, 2.24) is 0 Å². The molecule has 0 amide bonds. The lowest BCUT2D eigenvalue weighted by molar-refractivity contribution is 0.0191. The van der Waals surface area contributed by atoms with Crippen LogP contribution in [0.4, 0.5) is 0 Å². The minimum Gasteiger partial charge on any atom is -0.393 e. The Morgan fingerprint density at radius 2 is 2.15 bits per heavy atom. The van der Waals surface area contributed by atoms with Gasteiger partial charge in [0, 0.05) is 4.91 Å². The number of hydrogen-bond donors (Lipinski definition) is 1. The number of azide groups is 1. The van der Waals surface area contributed by atoms with E-state index in [1.165, 1.54) is 0 Å². The first-order valence-electron chi connectivity index (χ1n) is 4.69. The normalized spacial score (nSPS) is 38.0. The van der Waals surface area contributed by atoms with Gasteiger partial charge in [-0.15, -0.1) is 0 Å². The maximum absolute atomic E-state index is 9.64. The van der Waals surface area contributed by atoms with Crippen LogP contribution in [-0.4, -0.2) is 17.3 Å².